The predicted octanol–water partition coefficient (Wildman–Crippen LogP) is 6.53. The van der Waals surface area contributed by atoms with E-state index in [0.29, 0.717) is 0 Å². The first-order valence-electron chi connectivity index (χ1n) is 8.55. The normalized spacial score (nSPS) is 13.0. The van der Waals surface area contributed by atoms with Gasteiger partial charge >= 0.3 is 6.18 Å². The fourth-order valence-corrected chi connectivity index (χ4v) is 3.52. The molecule has 1 aliphatic carbocycles. The zero-order valence-corrected chi connectivity index (χ0v) is 14.1. The third-order valence-electron chi connectivity index (χ3n) is 4.83. The molecule has 0 aliphatic heterocycles. The van der Waals surface area contributed by atoms with Gasteiger partial charge in [-0.3, -0.25) is 0 Å². The highest BCUT2D eigenvalue weighted by Gasteiger charge is 2.29. The van der Waals surface area contributed by atoms with Crippen molar-refractivity contribution >= 4 is 6.08 Å². The Hall–Kier alpha value is -2.81. The Morgan fingerprint density at radius 2 is 1.54 bits per heavy atom. The molecule has 3 aromatic rings. The molecule has 0 saturated carbocycles. The molecule has 0 amide bonds. The number of alkyl halides is 3. The molecule has 0 fully saturated rings. The molecule has 3 heteroatoms. The lowest BCUT2D eigenvalue weighted by Crippen LogP contribution is -2.03. The van der Waals surface area contributed by atoms with Crippen molar-refractivity contribution in [1.82, 2.24) is 0 Å². The van der Waals surface area contributed by atoms with Crippen molar-refractivity contribution in [2.24, 2.45) is 0 Å². The summed E-state index contributed by atoms with van der Waals surface area (Å²) in [6.45, 7) is 0. The van der Waals surface area contributed by atoms with Crippen LogP contribution >= 0.6 is 0 Å². The molecule has 130 valence electrons. The molecule has 0 heterocycles. The van der Waals surface area contributed by atoms with E-state index < -0.39 is 11.7 Å². The topological polar surface area (TPSA) is 0 Å². The quantitative estimate of drug-likeness (QED) is 0.394. The van der Waals surface area contributed by atoms with Crippen molar-refractivity contribution in [3.63, 3.8) is 0 Å². The van der Waals surface area contributed by atoms with Crippen LogP contribution in [0.3, 0.4) is 0 Å². The first-order chi connectivity index (χ1) is 12.5. The summed E-state index contributed by atoms with van der Waals surface area (Å²) in [6, 6.07) is 20.1. The molecular formula is C23H17F3. The Labute approximate surface area is 150 Å². The number of benzene rings is 3. The summed E-state index contributed by atoms with van der Waals surface area (Å²) in [5.41, 5.74) is 6.72. The Bertz CT molecular complexity index is 963. The van der Waals surface area contributed by atoms with Crippen LogP contribution in [0.2, 0.25) is 0 Å². The molecule has 1 aliphatic rings. The van der Waals surface area contributed by atoms with Gasteiger partial charge in [0.25, 0.3) is 0 Å². The number of halogens is 3. The zero-order chi connectivity index (χ0) is 18.1. The largest absolute Gasteiger partial charge is 0.416 e. The first-order valence-corrected chi connectivity index (χ1v) is 8.55. The molecule has 0 atom stereocenters. The number of hydrogen-bond acceptors (Lipinski definition) is 0. The lowest BCUT2D eigenvalue weighted by atomic mass is 9.99. The second-order valence-corrected chi connectivity index (χ2v) is 6.50. The highest BCUT2D eigenvalue weighted by molar-refractivity contribution is 5.78. The minimum absolute atomic E-state index is 0.617. The maximum absolute atomic E-state index is 12.6. The molecule has 26 heavy (non-hydrogen) atoms. The van der Waals surface area contributed by atoms with Gasteiger partial charge in [-0.15, -0.1) is 0 Å². The second-order valence-electron chi connectivity index (χ2n) is 6.50. The molecule has 3 aromatic carbocycles. The Morgan fingerprint density at radius 1 is 0.808 bits per heavy atom. The van der Waals surface area contributed by atoms with Gasteiger partial charge in [0, 0.05) is 0 Å². The van der Waals surface area contributed by atoms with Crippen LogP contribution in [0.5, 0.6) is 0 Å². The minimum atomic E-state index is -4.29. The summed E-state index contributed by atoms with van der Waals surface area (Å²) in [7, 11) is 0. The lowest BCUT2D eigenvalue weighted by molar-refractivity contribution is -0.137. The summed E-state index contributed by atoms with van der Waals surface area (Å²) in [4.78, 5) is 0. The van der Waals surface area contributed by atoms with Gasteiger partial charge in [-0.1, -0.05) is 66.7 Å². The number of rotatable bonds is 3. The highest BCUT2D eigenvalue weighted by atomic mass is 19.4. The van der Waals surface area contributed by atoms with Crippen molar-refractivity contribution in [2.75, 3.05) is 0 Å². The Morgan fingerprint density at radius 3 is 2.31 bits per heavy atom. The summed E-state index contributed by atoms with van der Waals surface area (Å²) in [5.74, 6) is 0. The average Bonchev–Trinajstić information content (AvgIpc) is 3.01. The van der Waals surface area contributed by atoms with E-state index in [1.807, 2.05) is 12.2 Å². The summed E-state index contributed by atoms with van der Waals surface area (Å²) in [6.07, 6.45) is 1.30. The van der Waals surface area contributed by atoms with Crippen LogP contribution in [0.15, 0.2) is 72.8 Å². The van der Waals surface area contributed by atoms with Crippen molar-refractivity contribution in [3.8, 4) is 11.1 Å². The molecule has 0 N–H and O–H groups in total. The molecule has 0 aromatic heterocycles. The number of hydrogen-bond donors (Lipinski definition) is 0. The fourth-order valence-electron chi connectivity index (χ4n) is 3.52. The number of fused-ring (bicyclic) bond motifs is 3. The molecule has 0 unspecified atom stereocenters. The molecule has 0 saturated heterocycles. The fraction of sp³-hybridized carbons (Fsp3) is 0.130. The van der Waals surface area contributed by atoms with Crippen molar-refractivity contribution in [1.29, 1.82) is 0 Å². The van der Waals surface area contributed by atoms with Gasteiger partial charge in [-0.05, 0) is 58.4 Å². The van der Waals surface area contributed by atoms with Gasteiger partial charge in [-0.25, -0.2) is 0 Å². The van der Waals surface area contributed by atoms with Crippen LogP contribution in [0, 0.1) is 0 Å². The van der Waals surface area contributed by atoms with Gasteiger partial charge in [0.1, 0.15) is 0 Å². The smallest absolute Gasteiger partial charge is 0.166 e. The summed E-state index contributed by atoms with van der Waals surface area (Å²) >= 11 is 0. The summed E-state index contributed by atoms with van der Waals surface area (Å²) in [5, 5.41) is 0. The zero-order valence-electron chi connectivity index (χ0n) is 14.1. The predicted molar refractivity (Wildman–Crippen MR) is 98.9 cm³/mol. The van der Waals surface area contributed by atoms with E-state index in [9.17, 15) is 13.2 Å². The van der Waals surface area contributed by atoms with Gasteiger partial charge in [0.2, 0.25) is 0 Å². The summed E-state index contributed by atoms with van der Waals surface area (Å²) < 4.78 is 37.8. The standard InChI is InChI=1S/C23H17F3/c24-23(25,26)19-13-11-16(12-14-19)5-3-7-17-8-4-10-21-20-9-2-1-6-18(20)15-22(17)21/h1-6,8-14H,7,15H2. The average molecular weight is 350 g/mol. The van der Waals surface area contributed by atoms with Crippen LogP contribution in [-0.2, 0) is 19.0 Å². The minimum Gasteiger partial charge on any atom is -0.166 e. The maximum Gasteiger partial charge on any atom is 0.416 e. The molecule has 0 bridgehead atoms. The molecule has 0 spiro atoms. The third-order valence-corrected chi connectivity index (χ3v) is 4.83. The molecular weight excluding hydrogens is 333 g/mol. The SMILES string of the molecule is FC(F)(F)c1ccc(C=CCc2cccc3c2Cc2ccccc2-3)cc1. The van der Waals surface area contributed by atoms with E-state index in [0.717, 1.165) is 30.5 Å². The van der Waals surface area contributed by atoms with Crippen LogP contribution in [0.1, 0.15) is 27.8 Å². The van der Waals surface area contributed by atoms with E-state index in [4.69, 9.17) is 0 Å². The van der Waals surface area contributed by atoms with Gasteiger partial charge in [-0.2, -0.15) is 13.2 Å². The Balaban J connectivity index is 1.52. The maximum atomic E-state index is 12.6. The van der Waals surface area contributed by atoms with E-state index in [-0.39, 0.29) is 0 Å². The van der Waals surface area contributed by atoms with Crippen LogP contribution < -0.4 is 0 Å². The van der Waals surface area contributed by atoms with Crippen molar-refractivity contribution < 1.29 is 13.2 Å². The van der Waals surface area contributed by atoms with E-state index in [1.54, 1.807) is 0 Å². The monoisotopic (exact) mass is 350 g/mol. The van der Waals surface area contributed by atoms with E-state index in [2.05, 4.69) is 42.5 Å². The third kappa shape index (κ3) is 3.17. The van der Waals surface area contributed by atoms with Crippen LogP contribution in [-0.4, -0.2) is 0 Å². The molecule has 0 radical (unpaired) electrons. The molecule has 0 nitrogen and oxygen atoms in total. The molecule has 4 rings (SSSR count). The number of allylic oxidation sites excluding steroid dienone is 1. The second kappa shape index (κ2) is 6.49. The van der Waals surface area contributed by atoms with Gasteiger partial charge in [0.05, 0.1) is 5.56 Å². The van der Waals surface area contributed by atoms with Crippen molar-refractivity contribution in [3.05, 3.63) is 101 Å². The van der Waals surface area contributed by atoms with E-state index in [1.165, 1.54) is 39.9 Å². The van der Waals surface area contributed by atoms with Gasteiger partial charge < -0.3 is 0 Å². The van der Waals surface area contributed by atoms with E-state index >= 15 is 0 Å². The van der Waals surface area contributed by atoms with Crippen LogP contribution in [0.4, 0.5) is 13.2 Å². The Kier molecular flexibility index (Phi) is 4.15. The highest BCUT2D eigenvalue weighted by Crippen LogP contribution is 2.38. The first kappa shape index (κ1) is 16.6. The van der Waals surface area contributed by atoms with Crippen LogP contribution in [0.25, 0.3) is 17.2 Å². The lowest BCUT2D eigenvalue weighted by Gasteiger charge is -2.07. The van der Waals surface area contributed by atoms with Crippen molar-refractivity contribution in [2.45, 2.75) is 19.0 Å². The van der Waals surface area contributed by atoms with Gasteiger partial charge in [0.15, 0.2) is 0 Å².